The van der Waals surface area contributed by atoms with E-state index in [1.165, 1.54) is 4.31 Å². The molecule has 1 aromatic heterocycles. The summed E-state index contributed by atoms with van der Waals surface area (Å²) in [6.07, 6.45) is 4.27. The highest BCUT2D eigenvalue weighted by Gasteiger charge is 2.33. The van der Waals surface area contributed by atoms with E-state index in [1.807, 2.05) is 30.3 Å². The molecule has 5 rings (SSSR count). The van der Waals surface area contributed by atoms with Crippen molar-refractivity contribution in [3.8, 4) is 16.9 Å². The number of esters is 1. The number of amides is 1. The third-order valence-corrected chi connectivity index (χ3v) is 9.21. The summed E-state index contributed by atoms with van der Waals surface area (Å²) in [5.41, 5.74) is 8.22. The fourth-order valence-electron chi connectivity index (χ4n) is 4.54. The number of aromatic nitrogens is 2. The first kappa shape index (κ1) is 26.9. The molecule has 0 bridgehead atoms. The van der Waals surface area contributed by atoms with Gasteiger partial charge >= 0.3 is 5.97 Å². The first-order valence-electron chi connectivity index (χ1n) is 12.5. The zero-order valence-electron chi connectivity index (χ0n) is 21.2. The van der Waals surface area contributed by atoms with Crippen LogP contribution in [-0.2, 0) is 24.3 Å². The number of nitrogens with zero attached hydrogens (tertiary/aromatic N) is 4. The first-order valence-corrected chi connectivity index (χ1v) is 14.7. The Bertz CT molecular complexity index is 1570. The third kappa shape index (κ3) is 5.68. The van der Waals surface area contributed by atoms with Crippen LogP contribution in [0.5, 0.6) is 0 Å². The summed E-state index contributed by atoms with van der Waals surface area (Å²) in [5, 5.41) is 4.91. The number of hydrogen-bond donors (Lipinski definition) is 1. The van der Waals surface area contributed by atoms with Gasteiger partial charge < -0.3 is 10.5 Å². The number of aliphatic imine (C=N–C) groups is 1. The molecule has 0 aliphatic carbocycles. The quantitative estimate of drug-likeness (QED) is 0.340. The van der Waals surface area contributed by atoms with Crippen molar-refractivity contribution >= 4 is 44.9 Å². The van der Waals surface area contributed by atoms with Gasteiger partial charge in [-0.1, -0.05) is 30.3 Å². The van der Waals surface area contributed by atoms with E-state index in [0.717, 1.165) is 17.4 Å². The lowest BCUT2D eigenvalue weighted by Crippen LogP contribution is -2.40. The van der Waals surface area contributed by atoms with E-state index in [-0.39, 0.29) is 35.0 Å². The van der Waals surface area contributed by atoms with E-state index in [9.17, 15) is 18.0 Å². The highest BCUT2D eigenvalue weighted by molar-refractivity contribution is 8.18. The van der Waals surface area contributed by atoms with Gasteiger partial charge in [-0.3, -0.25) is 9.59 Å². The van der Waals surface area contributed by atoms with Crippen LogP contribution in [0.2, 0.25) is 0 Å². The van der Waals surface area contributed by atoms with Crippen molar-refractivity contribution in [1.82, 2.24) is 14.1 Å². The Kier molecular flexibility index (Phi) is 7.69. The molecule has 3 aromatic rings. The third-order valence-electron chi connectivity index (χ3n) is 6.51. The Morgan fingerprint density at radius 2 is 1.90 bits per heavy atom. The number of para-hydroxylation sites is 1. The minimum atomic E-state index is -3.81. The normalized spacial score (nSPS) is 17.9. The van der Waals surface area contributed by atoms with Gasteiger partial charge in [-0.2, -0.15) is 14.4 Å². The lowest BCUT2D eigenvalue weighted by molar-refractivity contribution is -0.149. The fourth-order valence-corrected chi connectivity index (χ4v) is 6.73. The number of ether oxygens (including phenoxy) is 1. The molecule has 0 saturated carbocycles. The highest BCUT2D eigenvalue weighted by atomic mass is 32.2. The molecule has 1 saturated heterocycles. The molecule has 0 spiro atoms. The Labute approximate surface area is 230 Å². The molecule has 0 radical (unpaired) electrons. The number of carbonyl (C=O) groups excluding carboxylic acids is 2. The average Bonchev–Trinajstić information content (AvgIpc) is 3.51. The van der Waals surface area contributed by atoms with Crippen LogP contribution in [0, 0.1) is 5.92 Å². The fraction of sp³-hybridized carbons (Fsp3) is 0.259. The molecule has 202 valence electrons. The second kappa shape index (κ2) is 11.2. The number of amidine groups is 1. The second-order valence-corrected chi connectivity index (χ2v) is 12.0. The van der Waals surface area contributed by atoms with Gasteiger partial charge in [-0.15, -0.1) is 0 Å². The molecule has 2 aliphatic heterocycles. The second-order valence-electron chi connectivity index (χ2n) is 9.04. The molecule has 0 unspecified atom stereocenters. The van der Waals surface area contributed by atoms with E-state index in [2.05, 4.69) is 4.99 Å². The molecular weight excluding hydrogens is 538 g/mol. The summed E-state index contributed by atoms with van der Waals surface area (Å²) in [5.74, 6) is -1.01. The molecule has 0 atom stereocenters. The summed E-state index contributed by atoms with van der Waals surface area (Å²) in [7, 11) is -3.81. The van der Waals surface area contributed by atoms with Gasteiger partial charge in [-0.25, -0.2) is 13.1 Å². The summed E-state index contributed by atoms with van der Waals surface area (Å²) in [4.78, 5) is 28.6. The van der Waals surface area contributed by atoms with Crippen molar-refractivity contribution in [3.63, 3.8) is 0 Å². The minimum absolute atomic E-state index is 0.126. The molecule has 39 heavy (non-hydrogen) atoms. The van der Waals surface area contributed by atoms with Crippen molar-refractivity contribution in [2.75, 3.05) is 19.7 Å². The number of rotatable bonds is 7. The summed E-state index contributed by atoms with van der Waals surface area (Å²) >= 11 is 1.08. The van der Waals surface area contributed by atoms with Crippen LogP contribution >= 0.6 is 11.8 Å². The van der Waals surface area contributed by atoms with Gasteiger partial charge in [0.25, 0.3) is 5.91 Å². The zero-order valence-corrected chi connectivity index (χ0v) is 22.8. The maximum atomic E-state index is 13.5. The molecule has 1 amide bonds. The van der Waals surface area contributed by atoms with Gasteiger partial charge in [-0.05, 0) is 61.9 Å². The highest BCUT2D eigenvalue weighted by Crippen LogP contribution is 2.33. The van der Waals surface area contributed by atoms with Crippen LogP contribution in [0.3, 0.4) is 0 Å². The maximum absolute atomic E-state index is 13.5. The number of carbonyl (C=O) groups is 2. The van der Waals surface area contributed by atoms with E-state index in [0.29, 0.717) is 41.2 Å². The van der Waals surface area contributed by atoms with Crippen molar-refractivity contribution in [3.05, 3.63) is 71.3 Å². The molecule has 2 N–H and O–H groups in total. The van der Waals surface area contributed by atoms with Crippen LogP contribution in [-0.4, -0.2) is 59.2 Å². The van der Waals surface area contributed by atoms with Crippen LogP contribution in [0.25, 0.3) is 23.0 Å². The van der Waals surface area contributed by atoms with Gasteiger partial charge in [0.05, 0.1) is 28.0 Å². The average molecular weight is 566 g/mol. The predicted octanol–water partition coefficient (Wildman–Crippen LogP) is 3.43. The first-order chi connectivity index (χ1) is 18.8. The Balaban J connectivity index is 1.47. The predicted molar refractivity (Wildman–Crippen MR) is 149 cm³/mol. The molecular formula is C27H27N5O5S2. The van der Waals surface area contributed by atoms with E-state index < -0.39 is 15.9 Å². The number of nitrogens with two attached hydrogens (primary N) is 1. The van der Waals surface area contributed by atoms with Crippen LogP contribution < -0.4 is 5.73 Å². The van der Waals surface area contributed by atoms with E-state index >= 15 is 0 Å². The Morgan fingerprint density at radius 1 is 1.15 bits per heavy atom. The Morgan fingerprint density at radius 3 is 2.56 bits per heavy atom. The molecule has 1 fully saturated rings. The largest absolute Gasteiger partial charge is 0.466 e. The molecule has 2 aromatic carbocycles. The zero-order chi connectivity index (χ0) is 27.6. The van der Waals surface area contributed by atoms with E-state index in [1.54, 1.807) is 48.1 Å². The van der Waals surface area contributed by atoms with Crippen LogP contribution in [0.1, 0.15) is 25.3 Å². The maximum Gasteiger partial charge on any atom is 0.309 e. The number of thioether (sulfide) groups is 1. The van der Waals surface area contributed by atoms with Gasteiger partial charge in [0, 0.05) is 30.4 Å². The molecule has 10 nitrogen and oxygen atoms in total. The van der Waals surface area contributed by atoms with Crippen LogP contribution in [0.15, 0.2) is 75.6 Å². The van der Waals surface area contributed by atoms with Crippen molar-refractivity contribution in [2.24, 2.45) is 16.6 Å². The number of benzene rings is 2. The number of piperidine rings is 1. The molecule has 2 aliphatic rings. The Hall–Kier alpha value is -3.74. The van der Waals surface area contributed by atoms with Gasteiger partial charge in [0.2, 0.25) is 10.0 Å². The van der Waals surface area contributed by atoms with Crippen molar-refractivity contribution in [2.45, 2.75) is 24.7 Å². The minimum Gasteiger partial charge on any atom is -0.466 e. The number of hydrogen-bond acceptors (Lipinski definition) is 8. The standard InChI is InChI=1S/C27H27N5O5S2/c1-2-37-26(34)18-11-13-31(14-12-18)39(35,36)22-10-6-7-19(15-22)24-20(16-23-25(33)29-27(28)38-23)17-32(30-24)21-8-4-3-5-9-21/h3-10,15-18H,2,11-14H2,1H3,(H2,28,29,33)/b23-16-. The summed E-state index contributed by atoms with van der Waals surface area (Å²) in [6.45, 7) is 2.52. The van der Waals surface area contributed by atoms with Gasteiger partial charge in [0.1, 0.15) is 5.69 Å². The summed E-state index contributed by atoms with van der Waals surface area (Å²) in [6, 6.07) is 16.0. The molecule has 12 heteroatoms. The van der Waals surface area contributed by atoms with Crippen molar-refractivity contribution < 1.29 is 22.7 Å². The summed E-state index contributed by atoms with van der Waals surface area (Å²) < 4.78 is 35.3. The monoisotopic (exact) mass is 565 g/mol. The number of sulfonamides is 1. The lowest BCUT2D eigenvalue weighted by Gasteiger charge is -2.30. The van der Waals surface area contributed by atoms with Crippen molar-refractivity contribution in [1.29, 1.82) is 0 Å². The molecule has 3 heterocycles. The smallest absolute Gasteiger partial charge is 0.309 e. The van der Waals surface area contributed by atoms with Gasteiger partial charge in [0.15, 0.2) is 5.17 Å². The van der Waals surface area contributed by atoms with Crippen LogP contribution in [0.4, 0.5) is 0 Å². The van der Waals surface area contributed by atoms with E-state index in [4.69, 9.17) is 15.6 Å². The topological polar surface area (TPSA) is 137 Å². The lowest BCUT2D eigenvalue weighted by atomic mass is 9.98. The SMILES string of the molecule is CCOC(=O)C1CCN(S(=O)(=O)c2cccc(-c3nn(-c4ccccc4)cc3/C=C3\SC(N)=NC3=O)c2)CC1.